The molecule has 0 atom stereocenters. The number of nitrogens with one attached hydrogen (secondary N) is 1. The Hall–Kier alpha value is -2.99. The molecule has 1 aliphatic heterocycles. The van der Waals surface area contributed by atoms with Crippen LogP contribution in [0.1, 0.15) is 45.9 Å². The Balaban J connectivity index is 1.82. The van der Waals surface area contributed by atoms with Crippen LogP contribution in [0.3, 0.4) is 0 Å². The second kappa shape index (κ2) is 8.80. The number of nitrogens with zero attached hydrogens (tertiary/aromatic N) is 1. The van der Waals surface area contributed by atoms with E-state index < -0.39 is 0 Å². The van der Waals surface area contributed by atoms with Gasteiger partial charge in [0.1, 0.15) is 0 Å². The molecule has 1 aliphatic rings. The van der Waals surface area contributed by atoms with Gasteiger partial charge < -0.3 is 10.1 Å². The molecule has 0 saturated heterocycles. The molecule has 5 nitrogen and oxygen atoms in total. The molecule has 1 aromatic heterocycles. The fourth-order valence-corrected chi connectivity index (χ4v) is 3.78. The molecule has 0 bridgehead atoms. The number of thiophene rings is 1. The van der Waals surface area contributed by atoms with Crippen molar-refractivity contribution in [3.05, 3.63) is 69.9 Å². The van der Waals surface area contributed by atoms with Crippen LogP contribution in [0.15, 0.2) is 58.9 Å². The number of carbonyl (C=O) groups is 2. The molecule has 1 N–H and O–H groups in total. The SMILES string of the molecule is CCOC(=O)c1ccc(C)c(-c2ccc(C(=O)NC3=CCC=NC=C3C)s2)c1. The van der Waals surface area contributed by atoms with Crippen molar-refractivity contribution in [2.24, 2.45) is 4.99 Å². The minimum absolute atomic E-state index is 0.156. The third-order valence-corrected chi connectivity index (χ3v) is 5.44. The van der Waals surface area contributed by atoms with Crippen LogP contribution in [0.2, 0.25) is 0 Å². The summed E-state index contributed by atoms with van der Waals surface area (Å²) < 4.78 is 5.09. The van der Waals surface area contributed by atoms with E-state index in [1.54, 1.807) is 31.5 Å². The largest absolute Gasteiger partial charge is 0.462 e. The quantitative estimate of drug-likeness (QED) is 0.734. The average molecular weight is 394 g/mol. The van der Waals surface area contributed by atoms with Crippen molar-refractivity contribution in [3.8, 4) is 10.4 Å². The van der Waals surface area contributed by atoms with Crippen LogP contribution in [-0.2, 0) is 4.74 Å². The van der Waals surface area contributed by atoms with Crippen molar-refractivity contribution in [1.29, 1.82) is 0 Å². The van der Waals surface area contributed by atoms with Crippen LogP contribution < -0.4 is 5.32 Å². The van der Waals surface area contributed by atoms with Gasteiger partial charge in [-0.05, 0) is 61.7 Å². The van der Waals surface area contributed by atoms with Gasteiger partial charge in [-0.15, -0.1) is 11.3 Å². The molecule has 2 heterocycles. The summed E-state index contributed by atoms with van der Waals surface area (Å²) in [7, 11) is 0. The van der Waals surface area contributed by atoms with E-state index in [1.807, 2.05) is 38.1 Å². The maximum atomic E-state index is 12.7. The molecular weight excluding hydrogens is 372 g/mol. The number of rotatable bonds is 5. The number of benzene rings is 1. The van der Waals surface area contributed by atoms with Crippen LogP contribution in [0.25, 0.3) is 10.4 Å². The first-order valence-electron chi connectivity index (χ1n) is 9.08. The number of hydrogen-bond acceptors (Lipinski definition) is 5. The van der Waals surface area contributed by atoms with E-state index in [9.17, 15) is 9.59 Å². The summed E-state index contributed by atoms with van der Waals surface area (Å²) in [6.45, 7) is 6.01. The highest BCUT2D eigenvalue weighted by atomic mass is 32.1. The van der Waals surface area contributed by atoms with Gasteiger partial charge in [0.05, 0.1) is 17.0 Å². The summed E-state index contributed by atoms with van der Waals surface area (Å²) in [5, 5.41) is 2.96. The number of hydrogen-bond donors (Lipinski definition) is 1. The highest BCUT2D eigenvalue weighted by molar-refractivity contribution is 7.17. The van der Waals surface area contributed by atoms with Crippen molar-refractivity contribution in [2.45, 2.75) is 27.2 Å². The maximum Gasteiger partial charge on any atom is 0.338 e. The second-order valence-electron chi connectivity index (χ2n) is 6.37. The van der Waals surface area contributed by atoms with E-state index in [0.29, 0.717) is 23.5 Å². The van der Waals surface area contributed by atoms with Gasteiger partial charge >= 0.3 is 5.97 Å². The number of ether oxygens (including phenoxy) is 1. The maximum absolute atomic E-state index is 12.7. The summed E-state index contributed by atoms with van der Waals surface area (Å²) >= 11 is 1.39. The zero-order valence-electron chi connectivity index (χ0n) is 16.1. The number of allylic oxidation sites excluding steroid dienone is 2. The number of aliphatic imine (C=N–C) groups is 1. The lowest BCUT2D eigenvalue weighted by Gasteiger charge is -2.08. The Bertz CT molecular complexity index is 999. The van der Waals surface area contributed by atoms with Crippen molar-refractivity contribution in [2.75, 3.05) is 6.61 Å². The van der Waals surface area contributed by atoms with Crippen LogP contribution in [0.5, 0.6) is 0 Å². The highest BCUT2D eigenvalue weighted by Gasteiger charge is 2.15. The molecule has 1 amide bonds. The lowest BCUT2D eigenvalue weighted by Crippen LogP contribution is -2.22. The second-order valence-corrected chi connectivity index (χ2v) is 7.45. The molecule has 0 radical (unpaired) electrons. The van der Waals surface area contributed by atoms with Crippen LogP contribution in [0, 0.1) is 6.92 Å². The first-order chi connectivity index (χ1) is 13.5. The summed E-state index contributed by atoms with van der Waals surface area (Å²) in [5.74, 6) is -0.501. The normalized spacial score (nSPS) is 13.4. The summed E-state index contributed by atoms with van der Waals surface area (Å²) in [6, 6.07) is 9.18. The molecule has 3 rings (SSSR count). The molecule has 0 unspecified atom stereocenters. The number of esters is 1. The Morgan fingerprint density at radius 3 is 2.82 bits per heavy atom. The lowest BCUT2D eigenvalue weighted by molar-refractivity contribution is 0.0526. The highest BCUT2D eigenvalue weighted by Crippen LogP contribution is 2.31. The molecule has 28 heavy (non-hydrogen) atoms. The van der Waals surface area contributed by atoms with E-state index in [0.717, 1.165) is 27.3 Å². The molecular formula is C22H22N2O3S. The zero-order chi connectivity index (χ0) is 20.1. The Morgan fingerprint density at radius 1 is 1.21 bits per heavy atom. The molecule has 0 aliphatic carbocycles. The fraction of sp³-hybridized carbons (Fsp3) is 0.227. The molecule has 0 fully saturated rings. The average Bonchev–Trinajstić information content (AvgIpc) is 3.08. The number of aryl methyl sites for hydroxylation is 1. The van der Waals surface area contributed by atoms with Crippen LogP contribution in [-0.4, -0.2) is 24.7 Å². The summed E-state index contributed by atoms with van der Waals surface area (Å²) in [6.07, 6.45) is 6.16. The van der Waals surface area contributed by atoms with Gasteiger partial charge in [-0.1, -0.05) is 12.1 Å². The molecule has 0 saturated carbocycles. The number of carbonyl (C=O) groups excluding carboxylic acids is 2. The molecule has 0 spiro atoms. The molecule has 1 aromatic carbocycles. The van der Waals surface area contributed by atoms with Gasteiger partial charge in [0.25, 0.3) is 5.91 Å². The monoisotopic (exact) mass is 394 g/mol. The smallest absolute Gasteiger partial charge is 0.338 e. The third-order valence-electron chi connectivity index (χ3n) is 4.32. The Morgan fingerprint density at radius 2 is 2.04 bits per heavy atom. The van der Waals surface area contributed by atoms with Gasteiger partial charge in [-0.3, -0.25) is 9.79 Å². The van der Waals surface area contributed by atoms with Gasteiger partial charge in [-0.25, -0.2) is 4.79 Å². The topological polar surface area (TPSA) is 67.8 Å². The predicted molar refractivity (Wildman–Crippen MR) is 113 cm³/mol. The Labute approximate surface area is 168 Å². The molecule has 2 aromatic rings. The van der Waals surface area contributed by atoms with E-state index in [-0.39, 0.29) is 11.9 Å². The van der Waals surface area contributed by atoms with Crippen molar-refractivity contribution >= 4 is 29.4 Å². The molecule has 6 heteroatoms. The first-order valence-corrected chi connectivity index (χ1v) is 9.89. The van der Waals surface area contributed by atoms with Gasteiger partial charge in [0, 0.05) is 29.4 Å². The standard InChI is InChI=1S/C22H22N2O3S/c1-4-27-22(26)16-8-7-14(2)17(12-16)19-9-10-20(28-19)21(25)24-18-6-5-11-23-13-15(18)3/h6-13H,4-5H2,1-3H3,(H,24,25). The van der Waals surface area contributed by atoms with Crippen LogP contribution >= 0.6 is 11.3 Å². The van der Waals surface area contributed by atoms with Gasteiger partial charge in [0.2, 0.25) is 0 Å². The van der Waals surface area contributed by atoms with E-state index in [1.165, 1.54) is 11.3 Å². The van der Waals surface area contributed by atoms with Crippen molar-refractivity contribution in [1.82, 2.24) is 5.32 Å². The predicted octanol–water partition coefficient (Wildman–Crippen LogP) is 4.89. The lowest BCUT2D eigenvalue weighted by atomic mass is 10.0. The fourth-order valence-electron chi connectivity index (χ4n) is 2.79. The minimum atomic E-state index is -0.344. The zero-order valence-corrected chi connectivity index (χ0v) is 16.9. The van der Waals surface area contributed by atoms with Gasteiger partial charge in [0.15, 0.2) is 0 Å². The summed E-state index contributed by atoms with van der Waals surface area (Å²) in [5.41, 5.74) is 4.15. The summed E-state index contributed by atoms with van der Waals surface area (Å²) in [4.78, 5) is 30.4. The number of amides is 1. The molecule has 144 valence electrons. The first kappa shape index (κ1) is 19.8. The Kier molecular flexibility index (Phi) is 6.21. The van der Waals surface area contributed by atoms with E-state index in [4.69, 9.17) is 4.74 Å². The third kappa shape index (κ3) is 4.46. The minimum Gasteiger partial charge on any atom is -0.462 e. The van der Waals surface area contributed by atoms with Gasteiger partial charge in [-0.2, -0.15) is 0 Å². The van der Waals surface area contributed by atoms with Crippen molar-refractivity contribution < 1.29 is 14.3 Å². The van der Waals surface area contributed by atoms with E-state index >= 15 is 0 Å². The van der Waals surface area contributed by atoms with E-state index in [2.05, 4.69) is 10.3 Å². The van der Waals surface area contributed by atoms with Crippen molar-refractivity contribution in [3.63, 3.8) is 0 Å². The van der Waals surface area contributed by atoms with Crippen LogP contribution in [0.4, 0.5) is 0 Å².